The summed E-state index contributed by atoms with van der Waals surface area (Å²) >= 11 is 0. The Morgan fingerprint density at radius 3 is 2.47 bits per heavy atom. The zero-order valence-electron chi connectivity index (χ0n) is 9.17. The van der Waals surface area contributed by atoms with Crippen molar-refractivity contribution in [3.05, 3.63) is 65.5 Å². The average Bonchev–Trinajstić information content (AvgIpc) is 2.40. The Balaban J connectivity index is 2.12. The van der Waals surface area contributed by atoms with Crippen LogP contribution in [0.2, 0.25) is 0 Å². The molecule has 0 bridgehead atoms. The van der Waals surface area contributed by atoms with Gasteiger partial charge >= 0.3 is 0 Å². The fourth-order valence-corrected chi connectivity index (χ4v) is 1.52. The summed E-state index contributed by atoms with van der Waals surface area (Å²) in [5.74, 6) is 0.00106. The van der Waals surface area contributed by atoms with Crippen molar-refractivity contribution in [2.45, 2.75) is 6.42 Å². The predicted molar refractivity (Wildman–Crippen MR) is 64.1 cm³/mol. The third-order valence-corrected chi connectivity index (χ3v) is 2.44. The Hall–Kier alpha value is -2.29. The van der Waals surface area contributed by atoms with Crippen LogP contribution in [0.25, 0.3) is 0 Å². The van der Waals surface area contributed by atoms with Crippen LogP contribution in [0.15, 0.2) is 48.7 Å². The summed E-state index contributed by atoms with van der Waals surface area (Å²) < 4.78 is 0. The van der Waals surface area contributed by atoms with Crippen molar-refractivity contribution in [3.63, 3.8) is 0 Å². The number of hydrogen-bond donors (Lipinski definition) is 0. The zero-order valence-corrected chi connectivity index (χ0v) is 9.17. The molecular formula is C14H11NO2. The van der Waals surface area contributed by atoms with Gasteiger partial charge in [-0.05, 0) is 12.1 Å². The summed E-state index contributed by atoms with van der Waals surface area (Å²) in [4.78, 5) is 26.5. The number of nitrogens with zero attached hydrogens (tertiary/aromatic N) is 1. The highest BCUT2D eigenvalue weighted by Gasteiger charge is 2.07. The second kappa shape index (κ2) is 5.16. The van der Waals surface area contributed by atoms with Crippen LogP contribution >= 0.6 is 0 Å². The molecule has 0 fully saturated rings. The molecule has 0 amide bonds. The Morgan fingerprint density at radius 2 is 1.88 bits per heavy atom. The summed E-state index contributed by atoms with van der Waals surface area (Å²) in [5.41, 5.74) is 1.91. The first-order valence-electron chi connectivity index (χ1n) is 5.28. The van der Waals surface area contributed by atoms with Gasteiger partial charge in [-0.15, -0.1) is 0 Å². The third-order valence-electron chi connectivity index (χ3n) is 2.44. The van der Waals surface area contributed by atoms with Crippen molar-refractivity contribution in [2.75, 3.05) is 0 Å². The molecule has 0 spiro atoms. The first-order chi connectivity index (χ1) is 8.29. The van der Waals surface area contributed by atoms with Crippen molar-refractivity contribution >= 4 is 12.1 Å². The second-order valence-corrected chi connectivity index (χ2v) is 3.66. The summed E-state index contributed by atoms with van der Waals surface area (Å²) in [6.45, 7) is 0. The number of ketones is 1. The monoisotopic (exact) mass is 225 g/mol. The fourth-order valence-electron chi connectivity index (χ4n) is 1.52. The maximum Gasteiger partial charge on any atom is 0.168 e. The zero-order chi connectivity index (χ0) is 12.1. The number of carbonyl (C=O) groups excluding carboxylic acids is 2. The molecule has 1 aromatic carbocycles. The summed E-state index contributed by atoms with van der Waals surface area (Å²) in [7, 11) is 0. The first-order valence-corrected chi connectivity index (χ1v) is 5.28. The van der Waals surface area contributed by atoms with Gasteiger partial charge in [0.15, 0.2) is 5.78 Å². The van der Waals surface area contributed by atoms with E-state index in [-0.39, 0.29) is 12.2 Å². The largest absolute Gasteiger partial charge is 0.298 e. The Bertz CT molecular complexity index is 518. The Morgan fingerprint density at radius 1 is 1.12 bits per heavy atom. The van der Waals surface area contributed by atoms with Crippen LogP contribution in [0.5, 0.6) is 0 Å². The molecule has 0 saturated heterocycles. The van der Waals surface area contributed by atoms with Gasteiger partial charge in [-0.2, -0.15) is 0 Å². The van der Waals surface area contributed by atoms with Gasteiger partial charge in [0.25, 0.3) is 0 Å². The lowest BCUT2D eigenvalue weighted by Crippen LogP contribution is -2.04. The van der Waals surface area contributed by atoms with E-state index < -0.39 is 0 Å². The quantitative estimate of drug-likeness (QED) is 0.592. The molecular weight excluding hydrogens is 214 g/mol. The van der Waals surface area contributed by atoms with Gasteiger partial charge in [-0.25, -0.2) is 0 Å². The molecule has 2 aromatic rings. The van der Waals surface area contributed by atoms with Gasteiger partial charge in [0.2, 0.25) is 0 Å². The second-order valence-electron chi connectivity index (χ2n) is 3.66. The molecule has 0 aliphatic carbocycles. The molecule has 0 radical (unpaired) electrons. The molecule has 84 valence electrons. The van der Waals surface area contributed by atoms with E-state index in [0.29, 0.717) is 11.1 Å². The minimum absolute atomic E-state index is 0.00106. The van der Waals surface area contributed by atoms with Gasteiger partial charge in [-0.1, -0.05) is 30.3 Å². The number of benzene rings is 1. The molecule has 0 saturated carbocycles. The number of rotatable bonds is 4. The van der Waals surface area contributed by atoms with Crippen molar-refractivity contribution < 1.29 is 9.59 Å². The minimum Gasteiger partial charge on any atom is -0.298 e. The standard InChI is InChI=1S/C14H11NO2/c16-10-11-4-6-12(7-5-11)14(17)9-13-3-1-2-8-15-13/h1-8,10H,9H2. The third kappa shape index (κ3) is 2.84. The summed E-state index contributed by atoms with van der Waals surface area (Å²) in [5, 5.41) is 0. The number of Topliss-reactive ketones (excluding diaryl/α,β-unsaturated/α-hetero) is 1. The topological polar surface area (TPSA) is 47.0 Å². The highest BCUT2D eigenvalue weighted by atomic mass is 16.1. The van der Waals surface area contributed by atoms with E-state index >= 15 is 0 Å². The molecule has 3 heteroatoms. The summed E-state index contributed by atoms with van der Waals surface area (Å²) in [6, 6.07) is 12.1. The summed E-state index contributed by atoms with van der Waals surface area (Å²) in [6.07, 6.45) is 2.70. The molecule has 0 aliphatic rings. The molecule has 0 atom stereocenters. The van der Waals surface area contributed by atoms with Gasteiger partial charge in [-0.3, -0.25) is 14.6 Å². The van der Waals surface area contributed by atoms with E-state index in [1.54, 1.807) is 30.5 Å². The van der Waals surface area contributed by atoms with E-state index in [1.807, 2.05) is 18.2 Å². The molecule has 0 aliphatic heterocycles. The van der Waals surface area contributed by atoms with Gasteiger partial charge in [0, 0.05) is 23.0 Å². The molecule has 0 N–H and O–H groups in total. The van der Waals surface area contributed by atoms with E-state index in [1.165, 1.54) is 0 Å². The van der Waals surface area contributed by atoms with Crippen LogP contribution in [-0.2, 0) is 6.42 Å². The van der Waals surface area contributed by atoms with Crippen LogP contribution in [-0.4, -0.2) is 17.1 Å². The van der Waals surface area contributed by atoms with Gasteiger partial charge in [0.1, 0.15) is 6.29 Å². The van der Waals surface area contributed by atoms with Crippen LogP contribution in [0.3, 0.4) is 0 Å². The number of carbonyl (C=O) groups is 2. The highest BCUT2D eigenvalue weighted by Crippen LogP contribution is 2.07. The van der Waals surface area contributed by atoms with Crippen LogP contribution < -0.4 is 0 Å². The lowest BCUT2D eigenvalue weighted by Gasteiger charge is -2.00. The lowest BCUT2D eigenvalue weighted by molar-refractivity contribution is 0.0991. The maximum absolute atomic E-state index is 11.9. The number of aromatic nitrogens is 1. The minimum atomic E-state index is 0.00106. The fraction of sp³-hybridized carbons (Fsp3) is 0.0714. The highest BCUT2D eigenvalue weighted by molar-refractivity contribution is 5.97. The molecule has 2 rings (SSSR count). The van der Waals surface area contributed by atoms with Crippen molar-refractivity contribution in [3.8, 4) is 0 Å². The van der Waals surface area contributed by atoms with Crippen LogP contribution in [0.1, 0.15) is 26.4 Å². The smallest absolute Gasteiger partial charge is 0.168 e. The van der Waals surface area contributed by atoms with Crippen LogP contribution in [0, 0.1) is 0 Å². The van der Waals surface area contributed by atoms with Crippen LogP contribution in [0.4, 0.5) is 0 Å². The van der Waals surface area contributed by atoms with E-state index in [0.717, 1.165) is 12.0 Å². The number of aldehydes is 1. The van der Waals surface area contributed by atoms with E-state index in [2.05, 4.69) is 4.98 Å². The first kappa shape index (κ1) is 11.2. The predicted octanol–water partition coefficient (Wildman–Crippen LogP) is 2.32. The normalized spacial score (nSPS) is 9.88. The van der Waals surface area contributed by atoms with Crippen molar-refractivity contribution in [2.24, 2.45) is 0 Å². The maximum atomic E-state index is 11.9. The lowest BCUT2D eigenvalue weighted by atomic mass is 10.0. The molecule has 17 heavy (non-hydrogen) atoms. The van der Waals surface area contributed by atoms with E-state index in [4.69, 9.17) is 0 Å². The molecule has 0 unspecified atom stereocenters. The molecule has 1 heterocycles. The van der Waals surface area contributed by atoms with Crippen molar-refractivity contribution in [1.29, 1.82) is 0 Å². The number of pyridine rings is 1. The number of hydrogen-bond acceptors (Lipinski definition) is 3. The van der Waals surface area contributed by atoms with Crippen molar-refractivity contribution in [1.82, 2.24) is 4.98 Å². The van der Waals surface area contributed by atoms with E-state index in [9.17, 15) is 9.59 Å². The average molecular weight is 225 g/mol. The molecule has 3 nitrogen and oxygen atoms in total. The Labute approximate surface area is 99.1 Å². The SMILES string of the molecule is O=Cc1ccc(C(=O)Cc2ccccn2)cc1. The Kier molecular flexibility index (Phi) is 3.40. The molecule has 1 aromatic heterocycles. The van der Waals surface area contributed by atoms with Gasteiger partial charge < -0.3 is 0 Å². The van der Waals surface area contributed by atoms with Gasteiger partial charge in [0.05, 0.1) is 6.42 Å².